The molecular formula is C20H20N4O2. The van der Waals surface area contributed by atoms with Crippen molar-refractivity contribution in [2.75, 3.05) is 26.2 Å². The zero-order chi connectivity index (χ0) is 18.4. The highest BCUT2D eigenvalue weighted by atomic mass is 16.2. The van der Waals surface area contributed by atoms with Crippen LogP contribution in [0.5, 0.6) is 0 Å². The van der Waals surface area contributed by atoms with Crippen molar-refractivity contribution >= 4 is 11.8 Å². The van der Waals surface area contributed by atoms with Crippen molar-refractivity contribution in [2.24, 2.45) is 0 Å². The summed E-state index contributed by atoms with van der Waals surface area (Å²) in [6, 6.07) is 14.8. The third kappa shape index (κ3) is 4.25. The van der Waals surface area contributed by atoms with Crippen molar-refractivity contribution < 1.29 is 9.59 Å². The molecule has 0 aliphatic carbocycles. The molecule has 2 heterocycles. The van der Waals surface area contributed by atoms with E-state index in [1.807, 2.05) is 24.3 Å². The van der Waals surface area contributed by atoms with Gasteiger partial charge in [0, 0.05) is 43.6 Å². The molecule has 0 radical (unpaired) electrons. The third-order valence-corrected chi connectivity index (χ3v) is 4.44. The second kappa shape index (κ2) is 8.26. The Morgan fingerprint density at radius 1 is 1.04 bits per heavy atom. The number of hydrogen-bond donors (Lipinski definition) is 0. The zero-order valence-corrected chi connectivity index (χ0v) is 14.5. The predicted molar refractivity (Wildman–Crippen MR) is 96.2 cm³/mol. The number of nitriles is 1. The standard InChI is InChI=1S/C20H20N4O2/c21-8-7-16-4-3-5-17(14-16)20(26)24-12-10-23(11-13-24)19(25)15-18-6-1-2-9-22-18/h1-6,9,14H,7,10-13,15H2. The summed E-state index contributed by atoms with van der Waals surface area (Å²) in [7, 11) is 0. The van der Waals surface area contributed by atoms with Crippen LogP contribution in [0.4, 0.5) is 0 Å². The largest absolute Gasteiger partial charge is 0.339 e. The molecule has 0 unspecified atom stereocenters. The number of aromatic nitrogens is 1. The summed E-state index contributed by atoms with van der Waals surface area (Å²) in [5.74, 6) is -0.0200. The van der Waals surface area contributed by atoms with E-state index in [0.717, 1.165) is 11.3 Å². The van der Waals surface area contributed by atoms with Gasteiger partial charge in [0.25, 0.3) is 5.91 Å². The molecule has 132 valence electrons. The molecule has 0 saturated carbocycles. The van der Waals surface area contributed by atoms with Gasteiger partial charge in [0.2, 0.25) is 5.91 Å². The SMILES string of the molecule is N#CCc1cccc(C(=O)N2CCN(C(=O)Cc3ccccn3)CC2)c1. The topological polar surface area (TPSA) is 77.3 Å². The van der Waals surface area contributed by atoms with Crippen LogP contribution in [-0.4, -0.2) is 52.8 Å². The summed E-state index contributed by atoms with van der Waals surface area (Å²) in [5, 5.41) is 8.80. The summed E-state index contributed by atoms with van der Waals surface area (Å²) in [5.41, 5.74) is 2.18. The maximum Gasteiger partial charge on any atom is 0.253 e. The first-order valence-electron chi connectivity index (χ1n) is 8.60. The fraction of sp³-hybridized carbons (Fsp3) is 0.300. The normalized spacial score (nSPS) is 14.0. The van der Waals surface area contributed by atoms with Gasteiger partial charge in [-0.2, -0.15) is 5.26 Å². The highest BCUT2D eigenvalue weighted by Gasteiger charge is 2.25. The van der Waals surface area contributed by atoms with Crippen LogP contribution in [-0.2, 0) is 17.6 Å². The summed E-state index contributed by atoms with van der Waals surface area (Å²) in [6.07, 6.45) is 2.25. The molecule has 1 aliphatic rings. The van der Waals surface area contributed by atoms with Gasteiger partial charge in [-0.25, -0.2) is 0 Å². The lowest BCUT2D eigenvalue weighted by Crippen LogP contribution is -2.51. The Hall–Kier alpha value is -3.20. The van der Waals surface area contributed by atoms with Crippen molar-refractivity contribution in [3.05, 3.63) is 65.5 Å². The number of rotatable bonds is 4. The minimum absolute atomic E-state index is 0.0341. The molecule has 0 spiro atoms. The van der Waals surface area contributed by atoms with E-state index in [-0.39, 0.29) is 24.7 Å². The van der Waals surface area contributed by atoms with E-state index in [0.29, 0.717) is 31.7 Å². The Kier molecular flexibility index (Phi) is 5.59. The molecular weight excluding hydrogens is 328 g/mol. The third-order valence-electron chi connectivity index (χ3n) is 4.44. The first-order valence-corrected chi connectivity index (χ1v) is 8.60. The summed E-state index contributed by atoms with van der Waals surface area (Å²) < 4.78 is 0. The predicted octanol–water partition coefficient (Wildman–Crippen LogP) is 1.67. The quantitative estimate of drug-likeness (QED) is 0.842. The van der Waals surface area contributed by atoms with E-state index < -0.39 is 0 Å². The van der Waals surface area contributed by atoms with Gasteiger partial charge >= 0.3 is 0 Å². The first kappa shape index (κ1) is 17.6. The summed E-state index contributed by atoms with van der Waals surface area (Å²) >= 11 is 0. The molecule has 0 atom stereocenters. The molecule has 1 saturated heterocycles. The number of hydrogen-bond acceptors (Lipinski definition) is 4. The van der Waals surface area contributed by atoms with Gasteiger partial charge in [0.15, 0.2) is 0 Å². The highest BCUT2D eigenvalue weighted by Crippen LogP contribution is 2.12. The Labute approximate surface area is 152 Å². The van der Waals surface area contributed by atoms with E-state index in [9.17, 15) is 9.59 Å². The lowest BCUT2D eigenvalue weighted by Gasteiger charge is -2.35. The molecule has 1 aliphatic heterocycles. The minimum atomic E-state index is -0.0541. The fourth-order valence-electron chi connectivity index (χ4n) is 3.02. The van der Waals surface area contributed by atoms with Gasteiger partial charge in [-0.1, -0.05) is 18.2 Å². The van der Waals surface area contributed by atoms with Gasteiger partial charge in [-0.15, -0.1) is 0 Å². The van der Waals surface area contributed by atoms with Crippen LogP contribution in [0.15, 0.2) is 48.7 Å². The lowest BCUT2D eigenvalue weighted by atomic mass is 10.1. The number of piperazine rings is 1. The Bertz CT molecular complexity index is 821. The van der Waals surface area contributed by atoms with E-state index in [4.69, 9.17) is 5.26 Å². The summed E-state index contributed by atoms with van der Waals surface area (Å²) in [6.45, 7) is 2.06. The molecule has 26 heavy (non-hydrogen) atoms. The van der Waals surface area contributed by atoms with Crippen LogP contribution >= 0.6 is 0 Å². The van der Waals surface area contributed by atoms with Crippen LogP contribution in [0.3, 0.4) is 0 Å². The second-order valence-corrected chi connectivity index (χ2v) is 6.21. The molecule has 6 nitrogen and oxygen atoms in total. The number of pyridine rings is 1. The van der Waals surface area contributed by atoms with E-state index >= 15 is 0 Å². The molecule has 1 fully saturated rings. The van der Waals surface area contributed by atoms with Crippen molar-refractivity contribution in [1.29, 1.82) is 5.26 Å². The van der Waals surface area contributed by atoms with Gasteiger partial charge in [0.1, 0.15) is 0 Å². The number of carbonyl (C=O) groups excluding carboxylic acids is 2. The van der Waals surface area contributed by atoms with Gasteiger partial charge < -0.3 is 9.80 Å². The number of amides is 2. The van der Waals surface area contributed by atoms with Crippen molar-refractivity contribution in [1.82, 2.24) is 14.8 Å². The summed E-state index contributed by atoms with van der Waals surface area (Å²) in [4.78, 5) is 32.8. The highest BCUT2D eigenvalue weighted by molar-refractivity contribution is 5.94. The number of nitrogens with zero attached hydrogens (tertiary/aromatic N) is 4. The molecule has 0 bridgehead atoms. The van der Waals surface area contributed by atoms with E-state index in [1.165, 1.54) is 0 Å². The molecule has 0 N–H and O–H groups in total. The van der Waals surface area contributed by atoms with Gasteiger partial charge in [-0.05, 0) is 29.8 Å². The van der Waals surface area contributed by atoms with Crippen LogP contribution in [0.25, 0.3) is 0 Å². The Balaban J connectivity index is 1.56. The molecule has 2 aromatic rings. The van der Waals surface area contributed by atoms with Crippen LogP contribution < -0.4 is 0 Å². The minimum Gasteiger partial charge on any atom is -0.339 e. The molecule has 3 rings (SSSR count). The maximum atomic E-state index is 12.7. The van der Waals surface area contributed by atoms with E-state index in [2.05, 4.69) is 11.1 Å². The van der Waals surface area contributed by atoms with E-state index in [1.54, 1.807) is 34.2 Å². The fourth-order valence-corrected chi connectivity index (χ4v) is 3.02. The van der Waals surface area contributed by atoms with Crippen molar-refractivity contribution in [3.8, 4) is 6.07 Å². The van der Waals surface area contributed by atoms with Crippen LogP contribution in [0.1, 0.15) is 21.6 Å². The first-order chi connectivity index (χ1) is 12.7. The molecule has 1 aromatic heterocycles. The molecule has 2 amide bonds. The van der Waals surface area contributed by atoms with Gasteiger partial charge in [0.05, 0.1) is 18.9 Å². The second-order valence-electron chi connectivity index (χ2n) is 6.21. The molecule has 1 aromatic carbocycles. The van der Waals surface area contributed by atoms with Crippen molar-refractivity contribution in [2.45, 2.75) is 12.8 Å². The smallest absolute Gasteiger partial charge is 0.253 e. The Morgan fingerprint density at radius 3 is 2.50 bits per heavy atom. The Morgan fingerprint density at radius 2 is 1.81 bits per heavy atom. The maximum absolute atomic E-state index is 12.7. The number of benzene rings is 1. The monoisotopic (exact) mass is 348 g/mol. The van der Waals surface area contributed by atoms with Crippen LogP contribution in [0.2, 0.25) is 0 Å². The average Bonchev–Trinajstić information content (AvgIpc) is 2.69. The lowest BCUT2D eigenvalue weighted by molar-refractivity contribution is -0.132. The van der Waals surface area contributed by atoms with Crippen LogP contribution in [0, 0.1) is 11.3 Å². The van der Waals surface area contributed by atoms with Gasteiger partial charge in [-0.3, -0.25) is 14.6 Å². The number of carbonyl (C=O) groups is 2. The van der Waals surface area contributed by atoms with Crippen molar-refractivity contribution in [3.63, 3.8) is 0 Å². The zero-order valence-electron chi connectivity index (χ0n) is 14.5. The molecule has 6 heteroatoms. The average molecular weight is 348 g/mol.